The molecule has 0 radical (unpaired) electrons. The lowest BCUT2D eigenvalue weighted by Crippen LogP contribution is -2.30. The van der Waals surface area contributed by atoms with Crippen molar-refractivity contribution in [3.8, 4) is 0 Å². The largest absolute Gasteiger partial charge is 0.411 e. The van der Waals surface area contributed by atoms with Crippen LogP contribution in [-0.2, 0) is 16.1 Å². The van der Waals surface area contributed by atoms with E-state index < -0.39 is 12.8 Å². The molecule has 0 aliphatic carbocycles. The highest BCUT2D eigenvalue weighted by atomic mass is 32.2. The molecule has 1 fully saturated rings. The fourth-order valence-electron chi connectivity index (χ4n) is 1.97. The molecule has 4 nitrogen and oxygen atoms in total. The monoisotopic (exact) mass is 318 g/mol. The third-order valence-electron chi connectivity index (χ3n) is 2.92. The van der Waals surface area contributed by atoms with Crippen molar-refractivity contribution in [3.63, 3.8) is 0 Å². The average molecular weight is 318 g/mol. The number of amidine groups is 1. The van der Waals surface area contributed by atoms with E-state index in [1.807, 2.05) is 0 Å². The van der Waals surface area contributed by atoms with E-state index in [2.05, 4.69) is 0 Å². The van der Waals surface area contributed by atoms with Crippen LogP contribution >= 0.6 is 11.8 Å². The zero-order valence-electron chi connectivity index (χ0n) is 11.2. The van der Waals surface area contributed by atoms with Gasteiger partial charge < -0.3 is 4.74 Å². The zero-order chi connectivity index (χ0) is 15.6. The van der Waals surface area contributed by atoms with Gasteiger partial charge in [0.15, 0.2) is 5.17 Å². The van der Waals surface area contributed by atoms with Crippen molar-refractivity contribution in [2.75, 3.05) is 17.3 Å². The molecule has 1 heterocycles. The van der Waals surface area contributed by atoms with Crippen LogP contribution in [0, 0.1) is 12.3 Å². The molecule has 0 bridgehead atoms. The fourth-order valence-corrected chi connectivity index (χ4v) is 2.69. The number of nitrogens with zero attached hydrogens (tertiary/aromatic N) is 1. The highest BCUT2D eigenvalue weighted by molar-refractivity contribution is 8.15. The van der Waals surface area contributed by atoms with Crippen LogP contribution in [-0.4, -0.2) is 29.6 Å². The number of hydrogen-bond acceptors (Lipinski definition) is 4. The Morgan fingerprint density at radius 3 is 2.71 bits per heavy atom. The summed E-state index contributed by atoms with van der Waals surface area (Å²) in [6.07, 6.45) is -4.39. The molecular weight excluding hydrogens is 305 g/mol. The predicted octanol–water partition coefficient (Wildman–Crippen LogP) is 3.09. The number of thioether (sulfide) groups is 1. The summed E-state index contributed by atoms with van der Waals surface area (Å²) in [6.45, 7) is 0.122. The van der Waals surface area contributed by atoms with E-state index in [-0.39, 0.29) is 23.4 Å². The Labute approximate surface area is 123 Å². The number of benzene rings is 1. The molecule has 0 saturated carbocycles. The molecule has 8 heteroatoms. The first kappa shape index (κ1) is 15.8. The summed E-state index contributed by atoms with van der Waals surface area (Å²) in [6, 6.07) is 5.03. The van der Waals surface area contributed by atoms with Gasteiger partial charge in [-0.25, -0.2) is 0 Å². The van der Waals surface area contributed by atoms with Crippen LogP contribution in [0.1, 0.15) is 11.1 Å². The predicted molar refractivity (Wildman–Crippen MR) is 74.6 cm³/mol. The number of ether oxygens (including phenoxy) is 1. The summed E-state index contributed by atoms with van der Waals surface area (Å²) in [5.74, 6) is -0.0945. The Bertz CT molecular complexity index is 559. The van der Waals surface area contributed by atoms with Gasteiger partial charge in [-0.05, 0) is 18.6 Å². The Morgan fingerprint density at radius 1 is 1.43 bits per heavy atom. The van der Waals surface area contributed by atoms with E-state index in [1.54, 1.807) is 25.1 Å². The molecule has 1 aromatic carbocycles. The van der Waals surface area contributed by atoms with Crippen molar-refractivity contribution in [2.24, 2.45) is 0 Å². The van der Waals surface area contributed by atoms with Crippen LogP contribution in [0.4, 0.5) is 18.9 Å². The molecular formula is C13H13F3N2O2S. The smallest absolute Gasteiger partial charge is 0.367 e. The molecule has 0 unspecified atom stereocenters. The first-order chi connectivity index (χ1) is 9.79. The van der Waals surface area contributed by atoms with Crippen molar-refractivity contribution in [2.45, 2.75) is 19.7 Å². The van der Waals surface area contributed by atoms with E-state index in [4.69, 9.17) is 10.1 Å². The van der Waals surface area contributed by atoms with E-state index in [9.17, 15) is 18.0 Å². The Kier molecular flexibility index (Phi) is 4.58. The van der Waals surface area contributed by atoms with Gasteiger partial charge in [-0.15, -0.1) is 0 Å². The van der Waals surface area contributed by atoms with Gasteiger partial charge in [-0.2, -0.15) is 13.2 Å². The van der Waals surface area contributed by atoms with Crippen molar-refractivity contribution in [3.05, 3.63) is 29.3 Å². The molecule has 1 saturated heterocycles. The van der Waals surface area contributed by atoms with Crippen molar-refractivity contribution >= 4 is 28.5 Å². The fraction of sp³-hybridized carbons (Fsp3) is 0.385. The van der Waals surface area contributed by atoms with Crippen LogP contribution in [0.25, 0.3) is 0 Å². The molecule has 21 heavy (non-hydrogen) atoms. The number of aryl methyl sites for hydroxylation is 1. The highest BCUT2D eigenvalue weighted by Gasteiger charge is 2.31. The number of hydrogen-bond donors (Lipinski definition) is 1. The molecule has 114 valence electrons. The second kappa shape index (κ2) is 6.07. The van der Waals surface area contributed by atoms with Gasteiger partial charge in [-0.1, -0.05) is 23.9 Å². The molecule has 0 aromatic heterocycles. The maximum absolute atomic E-state index is 12.2. The molecule has 1 N–H and O–H groups in total. The lowest BCUT2D eigenvalue weighted by molar-refractivity contribution is -0.176. The third kappa shape index (κ3) is 3.76. The van der Waals surface area contributed by atoms with E-state index in [1.165, 1.54) is 4.90 Å². The van der Waals surface area contributed by atoms with Gasteiger partial charge in [0.05, 0.1) is 18.0 Å². The molecule has 0 atom stereocenters. The van der Waals surface area contributed by atoms with Gasteiger partial charge in [-0.3, -0.25) is 15.1 Å². The number of amides is 1. The lowest BCUT2D eigenvalue weighted by Gasteiger charge is -2.20. The van der Waals surface area contributed by atoms with Gasteiger partial charge in [0.1, 0.15) is 6.61 Å². The quantitative estimate of drug-likeness (QED) is 0.928. The first-order valence-corrected chi connectivity index (χ1v) is 7.05. The van der Waals surface area contributed by atoms with Crippen molar-refractivity contribution in [1.82, 2.24) is 0 Å². The maximum Gasteiger partial charge on any atom is 0.411 e. The second-order valence-corrected chi connectivity index (χ2v) is 5.47. The van der Waals surface area contributed by atoms with Crippen LogP contribution in [0.3, 0.4) is 0 Å². The van der Waals surface area contributed by atoms with Gasteiger partial charge in [0.25, 0.3) is 0 Å². The molecule has 2 rings (SSSR count). The average Bonchev–Trinajstić information content (AvgIpc) is 2.70. The summed E-state index contributed by atoms with van der Waals surface area (Å²) >= 11 is 1.09. The SMILES string of the molecule is Cc1cccc(N2C(=N)SCC2=O)c1COCC(F)(F)F. The number of nitrogens with one attached hydrogen (secondary N) is 1. The minimum absolute atomic E-state index is 0.0719. The number of carbonyl (C=O) groups is 1. The summed E-state index contributed by atoms with van der Waals surface area (Å²) in [5, 5.41) is 7.84. The zero-order valence-corrected chi connectivity index (χ0v) is 12.0. The summed E-state index contributed by atoms with van der Waals surface area (Å²) in [5.41, 5.74) is 1.62. The van der Waals surface area contributed by atoms with E-state index in [0.717, 1.165) is 11.8 Å². The summed E-state index contributed by atoms with van der Waals surface area (Å²) < 4.78 is 41.2. The molecule has 1 aromatic rings. The lowest BCUT2D eigenvalue weighted by atomic mass is 10.1. The summed E-state index contributed by atoms with van der Waals surface area (Å²) in [7, 11) is 0. The third-order valence-corrected chi connectivity index (χ3v) is 3.77. The maximum atomic E-state index is 12.2. The Balaban J connectivity index is 2.24. The van der Waals surface area contributed by atoms with Gasteiger partial charge >= 0.3 is 6.18 Å². The number of alkyl halides is 3. The molecule has 1 aliphatic rings. The van der Waals surface area contributed by atoms with Gasteiger partial charge in [0, 0.05) is 5.56 Å². The highest BCUT2D eigenvalue weighted by Crippen LogP contribution is 2.31. The molecule has 1 aliphatic heterocycles. The Hall–Kier alpha value is -1.54. The van der Waals surface area contributed by atoms with Crippen LogP contribution < -0.4 is 4.90 Å². The van der Waals surface area contributed by atoms with Crippen molar-refractivity contribution in [1.29, 1.82) is 5.41 Å². The standard InChI is InChI=1S/C13H13F3N2O2S/c1-8-3-2-4-10(18-11(19)6-21-12(18)17)9(8)5-20-7-13(14,15)16/h2-4,17H,5-7H2,1H3. The van der Waals surface area contributed by atoms with Crippen molar-refractivity contribution < 1.29 is 22.7 Å². The summed E-state index contributed by atoms with van der Waals surface area (Å²) in [4.78, 5) is 13.0. The minimum atomic E-state index is -4.39. The molecule has 1 amide bonds. The number of carbonyl (C=O) groups excluding carboxylic acids is 1. The van der Waals surface area contributed by atoms with Gasteiger partial charge in [0.2, 0.25) is 5.91 Å². The number of anilines is 1. The van der Waals surface area contributed by atoms with Crippen LogP contribution in [0.5, 0.6) is 0 Å². The topological polar surface area (TPSA) is 53.4 Å². The van der Waals surface area contributed by atoms with E-state index in [0.29, 0.717) is 16.8 Å². The first-order valence-electron chi connectivity index (χ1n) is 6.07. The normalized spacial score (nSPS) is 15.9. The minimum Gasteiger partial charge on any atom is -0.367 e. The van der Waals surface area contributed by atoms with E-state index >= 15 is 0 Å². The number of rotatable bonds is 4. The second-order valence-electron chi connectivity index (χ2n) is 4.50. The number of halogens is 3. The van der Waals surface area contributed by atoms with Crippen LogP contribution in [0.15, 0.2) is 18.2 Å². The van der Waals surface area contributed by atoms with Crippen LogP contribution in [0.2, 0.25) is 0 Å². The Morgan fingerprint density at radius 2 is 2.14 bits per heavy atom. The molecule has 0 spiro atoms.